The Kier molecular flexibility index (Phi) is 8.82. The number of alkyl carbamates (subject to hydrolysis) is 1. The Morgan fingerprint density at radius 1 is 1.08 bits per heavy atom. The number of amides is 2. The van der Waals surface area contributed by atoms with Crippen LogP contribution in [0.5, 0.6) is 0 Å². The summed E-state index contributed by atoms with van der Waals surface area (Å²) in [5.74, 6) is -1.20. The minimum Gasteiger partial charge on any atom is -0.450 e. The Bertz CT molecular complexity index is 1260. The first-order valence-electron chi connectivity index (χ1n) is 11.2. The van der Waals surface area contributed by atoms with Crippen LogP contribution in [-0.4, -0.2) is 41.6 Å². The minimum absolute atomic E-state index is 0.0273. The van der Waals surface area contributed by atoms with Crippen LogP contribution < -0.4 is 10.6 Å². The van der Waals surface area contributed by atoms with Gasteiger partial charge in [-0.15, -0.1) is 0 Å². The molecule has 1 aromatic heterocycles. The van der Waals surface area contributed by atoms with Gasteiger partial charge in [-0.3, -0.25) is 14.9 Å². The molecule has 3 rings (SSSR count). The minimum atomic E-state index is -4.55. The number of alkyl halides is 3. The van der Waals surface area contributed by atoms with E-state index in [9.17, 15) is 32.9 Å². The molecule has 0 unspecified atom stereocenters. The van der Waals surface area contributed by atoms with Crippen molar-refractivity contribution in [3.63, 3.8) is 0 Å². The zero-order valence-corrected chi connectivity index (χ0v) is 19.6. The van der Waals surface area contributed by atoms with Gasteiger partial charge in [0.2, 0.25) is 5.89 Å². The van der Waals surface area contributed by atoms with Crippen molar-refractivity contribution in [2.75, 3.05) is 19.7 Å². The molecule has 0 atom stereocenters. The molecule has 1 heterocycles. The highest BCUT2D eigenvalue weighted by Gasteiger charge is 2.31. The van der Waals surface area contributed by atoms with Gasteiger partial charge in [0.05, 0.1) is 22.7 Å². The predicted molar refractivity (Wildman–Crippen MR) is 126 cm³/mol. The van der Waals surface area contributed by atoms with E-state index in [1.54, 1.807) is 0 Å². The maximum absolute atomic E-state index is 12.9. The smallest absolute Gasteiger partial charge is 0.416 e. The molecule has 37 heavy (non-hydrogen) atoms. The van der Waals surface area contributed by atoms with E-state index in [0.717, 1.165) is 30.7 Å². The Balaban J connectivity index is 1.85. The number of carbonyl (C=O) groups is 2. The predicted octanol–water partition coefficient (Wildman–Crippen LogP) is 5.19. The van der Waals surface area contributed by atoms with Crippen LogP contribution in [0.1, 0.15) is 35.8 Å². The van der Waals surface area contributed by atoms with Crippen LogP contribution in [0.3, 0.4) is 0 Å². The van der Waals surface area contributed by atoms with E-state index >= 15 is 0 Å². The van der Waals surface area contributed by atoms with Crippen molar-refractivity contribution in [2.24, 2.45) is 0 Å². The Labute approximate surface area is 209 Å². The topological polar surface area (TPSA) is 137 Å². The number of nitrogens with one attached hydrogen (secondary N) is 2. The Morgan fingerprint density at radius 3 is 2.41 bits per heavy atom. The molecule has 2 N–H and O–H groups in total. The van der Waals surface area contributed by atoms with Crippen LogP contribution in [0.2, 0.25) is 0 Å². The van der Waals surface area contributed by atoms with E-state index in [1.807, 2.05) is 6.92 Å². The second kappa shape index (κ2) is 12.0. The van der Waals surface area contributed by atoms with E-state index in [0.29, 0.717) is 6.42 Å². The number of oxazole rings is 1. The third kappa shape index (κ3) is 7.06. The van der Waals surface area contributed by atoms with E-state index in [-0.39, 0.29) is 53.9 Å². The summed E-state index contributed by atoms with van der Waals surface area (Å²) in [5, 5.41) is 16.5. The first-order valence-corrected chi connectivity index (χ1v) is 11.2. The molecule has 0 radical (unpaired) electrons. The van der Waals surface area contributed by atoms with Crippen molar-refractivity contribution in [2.45, 2.75) is 25.9 Å². The molecule has 0 spiro atoms. The van der Waals surface area contributed by atoms with Crippen LogP contribution in [0.15, 0.2) is 52.9 Å². The van der Waals surface area contributed by atoms with Gasteiger partial charge in [0.1, 0.15) is 0 Å². The average molecular weight is 520 g/mol. The fraction of sp³-hybridized carbons (Fsp3) is 0.292. The zero-order valence-electron chi connectivity index (χ0n) is 19.6. The second-order valence-corrected chi connectivity index (χ2v) is 7.72. The summed E-state index contributed by atoms with van der Waals surface area (Å²) in [6.45, 7) is 2.21. The van der Waals surface area contributed by atoms with Gasteiger partial charge in [-0.25, -0.2) is 9.78 Å². The highest BCUT2D eigenvalue weighted by molar-refractivity contribution is 5.99. The Hall–Kier alpha value is -4.42. The first-order chi connectivity index (χ1) is 17.6. The lowest BCUT2D eigenvalue weighted by molar-refractivity contribution is -0.384. The number of carbonyl (C=O) groups excluding carboxylic acids is 2. The molecule has 196 valence electrons. The first kappa shape index (κ1) is 27.2. The molecule has 13 heteroatoms. The number of para-hydroxylation sites is 1. The molecule has 0 aliphatic rings. The molecule has 2 amide bonds. The normalized spacial score (nSPS) is 11.1. The number of rotatable bonds is 10. The van der Waals surface area contributed by atoms with Crippen LogP contribution in [0.25, 0.3) is 22.8 Å². The number of nitrogens with zero attached hydrogens (tertiary/aromatic N) is 2. The van der Waals surface area contributed by atoms with Crippen molar-refractivity contribution in [3.05, 3.63) is 69.9 Å². The average Bonchev–Trinajstić information content (AvgIpc) is 3.32. The highest BCUT2D eigenvalue weighted by atomic mass is 19.4. The van der Waals surface area contributed by atoms with E-state index in [2.05, 4.69) is 15.6 Å². The molecule has 0 aliphatic heterocycles. The molecule has 0 bridgehead atoms. The molecule has 0 saturated carbocycles. The molecule has 0 fully saturated rings. The van der Waals surface area contributed by atoms with Crippen LogP contribution in [0, 0.1) is 10.1 Å². The van der Waals surface area contributed by atoms with Gasteiger partial charge in [0.15, 0.2) is 11.5 Å². The highest BCUT2D eigenvalue weighted by Crippen LogP contribution is 2.36. The summed E-state index contributed by atoms with van der Waals surface area (Å²) in [4.78, 5) is 39.5. The number of nitro groups is 1. The van der Waals surface area contributed by atoms with Crippen LogP contribution in [0.4, 0.5) is 23.7 Å². The van der Waals surface area contributed by atoms with Gasteiger partial charge in [-0.05, 0) is 36.8 Å². The van der Waals surface area contributed by atoms with Gasteiger partial charge < -0.3 is 19.8 Å². The molecule has 10 nitrogen and oxygen atoms in total. The molecular formula is C24H23F3N4O6. The van der Waals surface area contributed by atoms with Gasteiger partial charge in [0.25, 0.3) is 11.6 Å². The van der Waals surface area contributed by atoms with Crippen LogP contribution in [-0.2, 0) is 10.9 Å². The summed E-state index contributed by atoms with van der Waals surface area (Å²) < 4.78 is 49.4. The van der Waals surface area contributed by atoms with Gasteiger partial charge >= 0.3 is 12.3 Å². The van der Waals surface area contributed by atoms with Crippen LogP contribution >= 0.6 is 0 Å². The lowest BCUT2D eigenvalue weighted by atomic mass is 10.1. The third-order valence-corrected chi connectivity index (χ3v) is 5.06. The molecule has 3 aromatic rings. The maximum Gasteiger partial charge on any atom is 0.416 e. The number of benzene rings is 2. The zero-order chi connectivity index (χ0) is 27.0. The number of halogens is 3. The molecule has 0 aliphatic carbocycles. The summed E-state index contributed by atoms with van der Waals surface area (Å²) in [7, 11) is 0. The lowest BCUT2D eigenvalue weighted by Gasteiger charge is -2.07. The summed E-state index contributed by atoms with van der Waals surface area (Å²) in [6.07, 6.45) is -3.62. The van der Waals surface area contributed by atoms with E-state index in [1.165, 1.54) is 24.3 Å². The van der Waals surface area contributed by atoms with Gasteiger partial charge in [-0.2, -0.15) is 13.2 Å². The van der Waals surface area contributed by atoms with E-state index in [4.69, 9.17) is 9.15 Å². The lowest BCUT2D eigenvalue weighted by Crippen LogP contribution is -2.35. The largest absolute Gasteiger partial charge is 0.450 e. The quantitative estimate of drug-likeness (QED) is 0.213. The fourth-order valence-electron chi connectivity index (χ4n) is 3.19. The van der Waals surface area contributed by atoms with Crippen molar-refractivity contribution in [1.29, 1.82) is 0 Å². The molecular weight excluding hydrogens is 497 g/mol. The van der Waals surface area contributed by atoms with Crippen molar-refractivity contribution < 1.29 is 36.8 Å². The number of hydrogen-bond donors (Lipinski definition) is 2. The van der Waals surface area contributed by atoms with Crippen molar-refractivity contribution >= 4 is 17.7 Å². The molecule has 2 aromatic carbocycles. The second-order valence-electron chi connectivity index (χ2n) is 7.72. The summed E-state index contributed by atoms with van der Waals surface area (Å²) in [6, 6.07) is 9.40. The Morgan fingerprint density at radius 2 is 1.76 bits per heavy atom. The third-order valence-electron chi connectivity index (χ3n) is 5.06. The van der Waals surface area contributed by atoms with Gasteiger partial charge in [-0.1, -0.05) is 25.5 Å². The van der Waals surface area contributed by atoms with Gasteiger partial charge in [0, 0.05) is 24.7 Å². The van der Waals surface area contributed by atoms with Crippen molar-refractivity contribution in [1.82, 2.24) is 15.6 Å². The molecule has 0 saturated heterocycles. The summed E-state index contributed by atoms with van der Waals surface area (Å²) >= 11 is 0. The number of unbranched alkanes of at least 4 members (excludes halogenated alkanes) is 1. The number of ether oxygens (including phenoxy) is 1. The maximum atomic E-state index is 12.9. The monoisotopic (exact) mass is 520 g/mol. The SMILES string of the molecule is CCCCOC(=O)NCCNC(=O)c1nc(-c2ccc(C(F)(F)F)cc2)oc1-c1ccccc1[N+](=O)[O-]. The van der Waals surface area contributed by atoms with Crippen molar-refractivity contribution in [3.8, 4) is 22.8 Å². The summed E-state index contributed by atoms with van der Waals surface area (Å²) in [5.41, 5.74) is -1.47. The fourth-order valence-corrected chi connectivity index (χ4v) is 3.19. The number of aromatic nitrogens is 1. The number of nitro benzene ring substituents is 1. The number of hydrogen-bond acceptors (Lipinski definition) is 7. The standard InChI is InChI=1S/C24H23F3N4O6/c1-2-3-14-36-23(33)29-13-12-28-21(32)19-20(17-6-4-5-7-18(17)31(34)35)37-22(30-19)15-8-10-16(11-9-15)24(25,26)27/h4-11H,2-3,12-14H2,1H3,(H,28,32)(H,29,33). The van der Waals surface area contributed by atoms with E-state index < -0.39 is 28.7 Å².